The van der Waals surface area contributed by atoms with Gasteiger partial charge in [0.05, 0.1) is 20.6 Å². The number of ether oxygens (including phenoxy) is 1. The molecule has 0 radical (unpaired) electrons. The van der Waals surface area contributed by atoms with Crippen LogP contribution in [0, 0.1) is 0 Å². The van der Waals surface area contributed by atoms with E-state index in [0.717, 1.165) is 12.1 Å². The number of nitrogens with one attached hydrogen (secondary N) is 1. The Bertz CT molecular complexity index is 1640. The molecule has 0 aliphatic carbocycles. The maximum atomic E-state index is 13.2. The zero-order chi connectivity index (χ0) is 27.4. The molecule has 0 aliphatic rings. The summed E-state index contributed by atoms with van der Waals surface area (Å²) in [6.07, 6.45) is 0. The monoisotopic (exact) mass is 575 g/mol. The van der Waals surface area contributed by atoms with E-state index in [1.54, 1.807) is 42.5 Å². The number of rotatable bonds is 8. The molecular formula is C25H20Cl2FN5O4S. The zero-order valence-corrected chi connectivity index (χ0v) is 21.8. The fourth-order valence-corrected chi connectivity index (χ4v) is 4.39. The first-order chi connectivity index (χ1) is 18.0. The fourth-order valence-electron chi connectivity index (χ4n) is 3.59. The number of hydrogen-bond donors (Lipinski definition) is 3. The van der Waals surface area contributed by atoms with Crippen molar-refractivity contribution >= 4 is 51.1 Å². The Morgan fingerprint density at radius 3 is 2.47 bits per heavy atom. The van der Waals surface area contributed by atoms with Gasteiger partial charge in [0.15, 0.2) is 0 Å². The molecule has 5 N–H and O–H groups in total. The smallest absolute Gasteiger partial charge is 0.332 e. The van der Waals surface area contributed by atoms with Crippen LogP contribution in [0.2, 0.25) is 10.0 Å². The highest BCUT2D eigenvalue weighted by molar-refractivity contribution is 7.86. The number of benzene rings is 3. The Morgan fingerprint density at radius 1 is 0.974 bits per heavy atom. The second-order valence-corrected chi connectivity index (χ2v) is 10.2. The fraction of sp³-hybridized carbons (Fsp3) is 0.0800. The Balaban J connectivity index is 1.48. The van der Waals surface area contributed by atoms with Crippen molar-refractivity contribution in [1.82, 2.24) is 15.3 Å². The van der Waals surface area contributed by atoms with Crippen molar-refractivity contribution in [3.63, 3.8) is 0 Å². The molecule has 0 bridgehead atoms. The van der Waals surface area contributed by atoms with Crippen LogP contribution < -0.4 is 21.5 Å². The van der Waals surface area contributed by atoms with Crippen LogP contribution in [-0.2, 0) is 23.4 Å². The maximum Gasteiger partial charge on any atom is 0.332 e. The minimum atomic E-state index is -4.92. The number of aromatic nitrogens is 2. The number of hydrogen-bond acceptors (Lipinski definition) is 8. The number of halogens is 3. The van der Waals surface area contributed by atoms with Gasteiger partial charge in [0, 0.05) is 17.7 Å². The number of amides is 1. The number of nitrogens with two attached hydrogens (primary N) is 2. The Hall–Kier alpha value is -3.93. The van der Waals surface area contributed by atoms with Crippen LogP contribution in [0.25, 0.3) is 11.1 Å². The van der Waals surface area contributed by atoms with Gasteiger partial charge < -0.3 is 21.5 Å². The summed E-state index contributed by atoms with van der Waals surface area (Å²) in [5.74, 6) is 0.0275. The van der Waals surface area contributed by atoms with Gasteiger partial charge in [-0.2, -0.15) is 13.4 Å². The van der Waals surface area contributed by atoms with Gasteiger partial charge in [-0.15, -0.1) is 3.89 Å². The standard InChI is InChI=1S/C25H20Cl2FN5O4S/c26-19-8-7-15(11-20(19)27)22-21(32-25(30)33-23(22)29)13-37-17-5-1-3-14(9-17)12-31-24(34)16-4-2-6-18(10-16)38(28,35)36/h1-11H,12-13H2,(H,31,34)(H4,29,30,32,33). The number of anilines is 2. The Morgan fingerprint density at radius 2 is 1.74 bits per heavy atom. The second-order valence-electron chi connectivity index (χ2n) is 8.00. The molecule has 0 aliphatic heterocycles. The maximum absolute atomic E-state index is 13.2. The van der Waals surface area contributed by atoms with Crippen LogP contribution in [0.5, 0.6) is 5.75 Å². The molecule has 1 aromatic heterocycles. The highest BCUT2D eigenvalue weighted by Gasteiger charge is 2.17. The lowest BCUT2D eigenvalue weighted by atomic mass is 10.0. The molecule has 0 spiro atoms. The van der Waals surface area contributed by atoms with Crippen LogP contribution in [0.3, 0.4) is 0 Å². The van der Waals surface area contributed by atoms with Crippen molar-refractivity contribution in [2.75, 3.05) is 11.5 Å². The lowest BCUT2D eigenvalue weighted by Crippen LogP contribution is -2.23. The van der Waals surface area contributed by atoms with Crippen molar-refractivity contribution in [3.05, 3.63) is 93.6 Å². The predicted molar refractivity (Wildman–Crippen MR) is 143 cm³/mol. The first kappa shape index (κ1) is 27.1. The zero-order valence-electron chi connectivity index (χ0n) is 19.5. The van der Waals surface area contributed by atoms with Crippen LogP contribution in [0.15, 0.2) is 71.6 Å². The van der Waals surface area contributed by atoms with Crippen molar-refractivity contribution < 1.29 is 21.8 Å². The summed E-state index contributed by atoms with van der Waals surface area (Å²) in [5, 5.41) is 3.38. The number of nitrogens with zero attached hydrogens (tertiary/aromatic N) is 2. The van der Waals surface area contributed by atoms with Crippen molar-refractivity contribution in [3.8, 4) is 16.9 Å². The molecule has 13 heteroatoms. The van der Waals surface area contributed by atoms with E-state index >= 15 is 0 Å². The molecular weight excluding hydrogens is 556 g/mol. The topological polar surface area (TPSA) is 150 Å². The molecule has 0 fully saturated rings. The largest absolute Gasteiger partial charge is 0.487 e. The molecule has 3 aromatic carbocycles. The summed E-state index contributed by atoms with van der Waals surface area (Å²) in [6, 6.07) is 16.6. The van der Waals surface area contributed by atoms with Gasteiger partial charge in [0.25, 0.3) is 5.91 Å². The lowest BCUT2D eigenvalue weighted by molar-refractivity contribution is 0.0950. The molecule has 196 valence electrons. The van der Waals surface area contributed by atoms with E-state index in [2.05, 4.69) is 15.3 Å². The first-order valence-electron chi connectivity index (χ1n) is 10.9. The van der Waals surface area contributed by atoms with E-state index < -0.39 is 21.0 Å². The average Bonchev–Trinajstić information content (AvgIpc) is 2.87. The number of carbonyl (C=O) groups is 1. The summed E-state index contributed by atoms with van der Waals surface area (Å²) in [4.78, 5) is 20.2. The average molecular weight is 576 g/mol. The molecule has 4 aromatic rings. The summed E-state index contributed by atoms with van der Waals surface area (Å²) in [6.45, 7) is 0.0946. The second kappa shape index (κ2) is 11.2. The molecule has 0 saturated heterocycles. The Kier molecular flexibility index (Phi) is 8.00. The molecule has 1 amide bonds. The molecule has 4 rings (SSSR count). The van der Waals surface area contributed by atoms with Gasteiger partial charge in [-0.1, -0.05) is 47.5 Å². The van der Waals surface area contributed by atoms with Crippen LogP contribution in [-0.4, -0.2) is 24.3 Å². The van der Waals surface area contributed by atoms with Gasteiger partial charge in [-0.05, 0) is 53.6 Å². The van der Waals surface area contributed by atoms with Crippen molar-refractivity contribution in [1.29, 1.82) is 0 Å². The van der Waals surface area contributed by atoms with Gasteiger partial charge >= 0.3 is 10.2 Å². The van der Waals surface area contributed by atoms with E-state index in [4.69, 9.17) is 39.4 Å². The molecule has 0 unspecified atom stereocenters. The van der Waals surface area contributed by atoms with Gasteiger partial charge in [-0.25, -0.2) is 4.98 Å². The normalized spacial score (nSPS) is 11.2. The summed E-state index contributed by atoms with van der Waals surface area (Å²) >= 11 is 12.2. The summed E-state index contributed by atoms with van der Waals surface area (Å²) in [7, 11) is -4.92. The van der Waals surface area contributed by atoms with Crippen molar-refractivity contribution in [2.24, 2.45) is 0 Å². The summed E-state index contributed by atoms with van der Waals surface area (Å²) in [5.41, 5.74) is 14.2. The quantitative estimate of drug-likeness (QED) is 0.254. The third-order valence-corrected chi connectivity index (χ3v) is 6.90. The highest BCUT2D eigenvalue weighted by Crippen LogP contribution is 2.33. The summed E-state index contributed by atoms with van der Waals surface area (Å²) < 4.78 is 41.4. The van der Waals surface area contributed by atoms with Crippen LogP contribution in [0.1, 0.15) is 21.6 Å². The van der Waals surface area contributed by atoms with Crippen LogP contribution >= 0.6 is 23.2 Å². The van der Waals surface area contributed by atoms with E-state index in [9.17, 15) is 17.1 Å². The molecule has 0 atom stereocenters. The molecule has 38 heavy (non-hydrogen) atoms. The Labute approximate surface area is 227 Å². The van der Waals surface area contributed by atoms with E-state index in [1.165, 1.54) is 12.1 Å². The van der Waals surface area contributed by atoms with Crippen molar-refractivity contribution in [2.45, 2.75) is 18.0 Å². The third-order valence-electron chi connectivity index (χ3n) is 5.34. The minimum absolute atomic E-state index is 0.00454. The minimum Gasteiger partial charge on any atom is -0.487 e. The first-order valence-corrected chi connectivity index (χ1v) is 13.1. The van der Waals surface area contributed by atoms with E-state index in [-0.39, 0.29) is 30.5 Å². The van der Waals surface area contributed by atoms with E-state index in [0.29, 0.717) is 38.2 Å². The van der Waals surface area contributed by atoms with E-state index in [1.807, 2.05) is 0 Å². The molecule has 9 nitrogen and oxygen atoms in total. The molecule has 1 heterocycles. The van der Waals surface area contributed by atoms with Crippen LogP contribution in [0.4, 0.5) is 15.7 Å². The number of nitrogen functional groups attached to an aromatic ring is 2. The predicted octanol–water partition coefficient (Wildman–Crippen LogP) is 4.78. The SMILES string of the molecule is Nc1nc(N)c(-c2ccc(Cl)c(Cl)c2)c(COc2cccc(CNC(=O)c3cccc(S(=O)(=O)F)c3)c2)n1. The highest BCUT2D eigenvalue weighted by atomic mass is 35.5. The third kappa shape index (κ3) is 6.49. The number of carbonyl (C=O) groups excluding carboxylic acids is 1. The molecule has 0 saturated carbocycles. The van der Waals surface area contributed by atoms with Gasteiger partial charge in [0.2, 0.25) is 5.95 Å². The van der Waals surface area contributed by atoms with Gasteiger partial charge in [0.1, 0.15) is 18.2 Å². The van der Waals surface area contributed by atoms with Gasteiger partial charge in [-0.3, -0.25) is 4.79 Å². The lowest BCUT2D eigenvalue weighted by Gasteiger charge is -2.14.